The summed E-state index contributed by atoms with van der Waals surface area (Å²) >= 11 is 0. The molecule has 4 heteroatoms. The third-order valence-corrected chi connectivity index (χ3v) is 4.07. The quantitative estimate of drug-likeness (QED) is 0.770. The van der Waals surface area contributed by atoms with Gasteiger partial charge in [-0.2, -0.15) is 0 Å². The Morgan fingerprint density at radius 1 is 1.09 bits per heavy atom. The van der Waals surface area contributed by atoms with Crippen molar-refractivity contribution in [1.82, 2.24) is 15.2 Å². The first-order valence-corrected chi connectivity index (χ1v) is 8.04. The van der Waals surface area contributed by atoms with Crippen LogP contribution in [0.5, 0.6) is 0 Å². The Hall–Kier alpha value is -1.91. The van der Waals surface area contributed by atoms with Gasteiger partial charge in [-0.25, -0.2) is 0 Å². The van der Waals surface area contributed by atoms with Gasteiger partial charge in [0.25, 0.3) is 0 Å². The van der Waals surface area contributed by atoms with E-state index in [0.717, 1.165) is 31.9 Å². The Labute approximate surface area is 132 Å². The van der Waals surface area contributed by atoms with Crippen molar-refractivity contribution in [3.63, 3.8) is 0 Å². The Morgan fingerprint density at radius 2 is 2.00 bits per heavy atom. The summed E-state index contributed by atoms with van der Waals surface area (Å²) < 4.78 is 0. The molecule has 2 aromatic rings. The molecule has 1 aliphatic rings. The molecule has 1 aliphatic heterocycles. The molecule has 22 heavy (non-hydrogen) atoms. The highest BCUT2D eigenvalue weighted by atomic mass is 15.2. The minimum atomic E-state index is 0.611. The van der Waals surface area contributed by atoms with Crippen LogP contribution in [0.3, 0.4) is 0 Å². The van der Waals surface area contributed by atoms with Crippen LogP contribution in [0.1, 0.15) is 12.0 Å². The fourth-order valence-electron chi connectivity index (χ4n) is 2.93. The Morgan fingerprint density at radius 3 is 2.82 bits per heavy atom. The molecular weight excluding hydrogens is 272 g/mol. The maximum Gasteiger partial charge on any atom is 0.0527 e. The lowest BCUT2D eigenvalue weighted by Crippen LogP contribution is -2.35. The zero-order valence-corrected chi connectivity index (χ0v) is 12.9. The van der Waals surface area contributed by atoms with Crippen LogP contribution in [0.2, 0.25) is 0 Å². The number of rotatable bonds is 7. The molecule has 3 rings (SSSR count). The second-order valence-electron chi connectivity index (χ2n) is 5.83. The molecule has 0 bridgehead atoms. The maximum absolute atomic E-state index is 4.10. The Balaban J connectivity index is 1.33. The predicted octanol–water partition coefficient (Wildman–Crippen LogP) is 2.36. The van der Waals surface area contributed by atoms with E-state index in [1.54, 1.807) is 6.20 Å². The summed E-state index contributed by atoms with van der Waals surface area (Å²) in [6.07, 6.45) is 4.89. The summed E-state index contributed by atoms with van der Waals surface area (Å²) in [5.41, 5.74) is 2.49. The molecule has 1 fully saturated rings. The Kier molecular flexibility index (Phi) is 5.40. The van der Waals surface area contributed by atoms with Crippen molar-refractivity contribution in [2.75, 3.05) is 31.5 Å². The number of nitrogens with one attached hydrogen (secondary N) is 2. The molecule has 2 N–H and O–H groups in total. The van der Waals surface area contributed by atoms with Crippen LogP contribution in [-0.4, -0.2) is 42.1 Å². The molecule has 0 radical (unpaired) electrons. The molecule has 0 unspecified atom stereocenters. The van der Waals surface area contributed by atoms with E-state index in [1.807, 2.05) is 18.3 Å². The van der Waals surface area contributed by atoms with E-state index >= 15 is 0 Å². The van der Waals surface area contributed by atoms with Gasteiger partial charge in [0.15, 0.2) is 0 Å². The van der Waals surface area contributed by atoms with Gasteiger partial charge in [0.2, 0.25) is 0 Å². The summed E-state index contributed by atoms with van der Waals surface area (Å²) in [7, 11) is 0. The van der Waals surface area contributed by atoms with Gasteiger partial charge in [-0.1, -0.05) is 30.3 Å². The summed E-state index contributed by atoms with van der Waals surface area (Å²) in [4.78, 5) is 6.63. The number of hydrogen-bond donors (Lipinski definition) is 2. The molecule has 1 atom stereocenters. The van der Waals surface area contributed by atoms with E-state index in [4.69, 9.17) is 0 Å². The summed E-state index contributed by atoms with van der Waals surface area (Å²) in [5, 5.41) is 7.02. The Bertz CT molecular complexity index is 544. The van der Waals surface area contributed by atoms with Crippen molar-refractivity contribution in [3.05, 3.63) is 60.4 Å². The number of hydrogen-bond acceptors (Lipinski definition) is 4. The molecule has 0 amide bonds. The van der Waals surface area contributed by atoms with Crippen molar-refractivity contribution in [2.45, 2.75) is 19.0 Å². The van der Waals surface area contributed by atoms with Crippen molar-refractivity contribution < 1.29 is 0 Å². The van der Waals surface area contributed by atoms with Crippen molar-refractivity contribution in [1.29, 1.82) is 0 Å². The van der Waals surface area contributed by atoms with E-state index in [0.29, 0.717) is 6.04 Å². The van der Waals surface area contributed by atoms with Gasteiger partial charge in [0, 0.05) is 51.2 Å². The number of aromatic nitrogens is 1. The lowest BCUT2D eigenvalue weighted by molar-refractivity contribution is 0.320. The minimum absolute atomic E-state index is 0.611. The highest BCUT2D eigenvalue weighted by Gasteiger charge is 2.21. The fourth-order valence-corrected chi connectivity index (χ4v) is 2.93. The van der Waals surface area contributed by atoms with Gasteiger partial charge in [-0.3, -0.25) is 9.88 Å². The van der Waals surface area contributed by atoms with Gasteiger partial charge >= 0.3 is 0 Å². The van der Waals surface area contributed by atoms with E-state index in [9.17, 15) is 0 Å². The molecule has 0 saturated carbocycles. The second-order valence-corrected chi connectivity index (χ2v) is 5.83. The zero-order chi connectivity index (χ0) is 15.0. The molecular formula is C18H24N4. The van der Waals surface area contributed by atoms with Crippen LogP contribution in [0.15, 0.2) is 54.9 Å². The topological polar surface area (TPSA) is 40.2 Å². The fraction of sp³-hybridized carbons (Fsp3) is 0.389. The lowest BCUT2D eigenvalue weighted by Gasteiger charge is -2.17. The normalized spacial score (nSPS) is 18.5. The molecule has 1 aromatic carbocycles. The van der Waals surface area contributed by atoms with E-state index in [2.05, 4.69) is 50.8 Å². The van der Waals surface area contributed by atoms with Gasteiger partial charge in [0.05, 0.1) is 5.69 Å². The minimum Gasteiger partial charge on any atom is -0.383 e. The van der Waals surface area contributed by atoms with Crippen molar-refractivity contribution in [2.24, 2.45) is 0 Å². The third-order valence-electron chi connectivity index (χ3n) is 4.07. The van der Waals surface area contributed by atoms with Gasteiger partial charge in [0.1, 0.15) is 0 Å². The second kappa shape index (κ2) is 7.92. The summed E-state index contributed by atoms with van der Waals surface area (Å²) in [6, 6.07) is 15.3. The maximum atomic E-state index is 4.10. The van der Waals surface area contributed by atoms with Crippen LogP contribution >= 0.6 is 0 Å². The predicted molar refractivity (Wildman–Crippen MR) is 90.9 cm³/mol. The number of likely N-dealkylation sites (tertiary alicyclic amines) is 1. The molecule has 1 saturated heterocycles. The average molecular weight is 296 g/mol. The highest BCUT2D eigenvalue weighted by molar-refractivity contribution is 5.39. The first kappa shape index (κ1) is 15.0. The molecule has 0 aliphatic carbocycles. The van der Waals surface area contributed by atoms with Gasteiger partial charge < -0.3 is 10.6 Å². The molecule has 116 valence electrons. The van der Waals surface area contributed by atoms with E-state index < -0.39 is 0 Å². The van der Waals surface area contributed by atoms with E-state index in [-0.39, 0.29) is 0 Å². The average Bonchev–Trinajstić information content (AvgIpc) is 3.01. The SMILES string of the molecule is c1ccc(CN2CC[C@H](NCCNc3cccnc3)C2)cc1. The molecule has 0 spiro atoms. The summed E-state index contributed by atoms with van der Waals surface area (Å²) in [6.45, 7) is 5.30. The van der Waals surface area contributed by atoms with Crippen LogP contribution in [0, 0.1) is 0 Å². The largest absolute Gasteiger partial charge is 0.383 e. The van der Waals surface area contributed by atoms with Gasteiger partial charge in [-0.15, -0.1) is 0 Å². The standard InChI is InChI=1S/C18H24N4/c1-2-5-16(6-3-1)14-22-12-8-18(15-22)21-11-10-20-17-7-4-9-19-13-17/h1-7,9,13,18,20-21H,8,10-12,14-15H2/t18-/m0/s1. The number of anilines is 1. The van der Waals surface area contributed by atoms with Crippen molar-refractivity contribution in [3.8, 4) is 0 Å². The highest BCUT2D eigenvalue weighted by Crippen LogP contribution is 2.13. The summed E-state index contributed by atoms with van der Waals surface area (Å²) in [5.74, 6) is 0. The molecule has 4 nitrogen and oxygen atoms in total. The van der Waals surface area contributed by atoms with Crippen LogP contribution < -0.4 is 10.6 Å². The number of pyridine rings is 1. The lowest BCUT2D eigenvalue weighted by atomic mass is 10.2. The number of benzene rings is 1. The van der Waals surface area contributed by atoms with Gasteiger partial charge in [-0.05, 0) is 24.1 Å². The smallest absolute Gasteiger partial charge is 0.0527 e. The van der Waals surface area contributed by atoms with Crippen LogP contribution in [0.25, 0.3) is 0 Å². The third kappa shape index (κ3) is 4.55. The molecule has 1 aromatic heterocycles. The van der Waals surface area contributed by atoms with Crippen LogP contribution in [0.4, 0.5) is 5.69 Å². The first-order valence-electron chi connectivity index (χ1n) is 8.04. The zero-order valence-electron chi connectivity index (χ0n) is 12.9. The monoisotopic (exact) mass is 296 g/mol. The molecule has 2 heterocycles. The first-order chi connectivity index (χ1) is 10.9. The number of nitrogens with zero attached hydrogens (tertiary/aromatic N) is 2. The van der Waals surface area contributed by atoms with Crippen LogP contribution in [-0.2, 0) is 6.54 Å². The van der Waals surface area contributed by atoms with Crippen molar-refractivity contribution >= 4 is 5.69 Å². The van der Waals surface area contributed by atoms with E-state index in [1.165, 1.54) is 18.5 Å².